The number of hydrogen-bond donors (Lipinski definition) is 1. The molecule has 0 amide bonds. The molecule has 0 spiro atoms. The van der Waals surface area contributed by atoms with Gasteiger partial charge in [0.1, 0.15) is 5.82 Å². The second-order valence-electron chi connectivity index (χ2n) is 3.89. The highest BCUT2D eigenvalue weighted by Crippen LogP contribution is 2.15. The summed E-state index contributed by atoms with van der Waals surface area (Å²) in [5.74, 6) is -0.695. The van der Waals surface area contributed by atoms with Crippen LogP contribution in [-0.4, -0.2) is 21.0 Å². The standard InChI is InChI=1S/C13H11ClN2O2/c1-8-4-2-3-5-9(8)6-11-15-7-10(14)12(16-11)13(17)18/h2-5,7H,6H2,1H3,(H,17,18). The Kier molecular flexibility index (Phi) is 3.58. The molecule has 2 aromatic rings. The fourth-order valence-corrected chi connectivity index (χ4v) is 1.79. The number of carbonyl (C=O) groups is 1. The molecule has 0 aliphatic carbocycles. The van der Waals surface area contributed by atoms with E-state index in [1.54, 1.807) is 0 Å². The Morgan fingerprint density at radius 2 is 2.11 bits per heavy atom. The van der Waals surface area contributed by atoms with E-state index in [-0.39, 0.29) is 10.7 Å². The largest absolute Gasteiger partial charge is 0.476 e. The Morgan fingerprint density at radius 1 is 1.39 bits per heavy atom. The van der Waals surface area contributed by atoms with Gasteiger partial charge in [-0.3, -0.25) is 0 Å². The molecule has 0 saturated carbocycles. The molecule has 0 radical (unpaired) electrons. The number of carboxylic acid groups (broad SMARTS) is 1. The molecule has 0 bridgehead atoms. The van der Waals surface area contributed by atoms with Crippen molar-refractivity contribution in [2.24, 2.45) is 0 Å². The molecule has 18 heavy (non-hydrogen) atoms. The predicted octanol–water partition coefficient (Wildman–Crippen LogP) is 2.73. The SMILES string of the molecule is Cc1ccccc1Cc1ncc(Cl)c(C(=O)O)n1. The Labute approximate surface area is 109 Å². The summed E-state index contributed by atoms with van der Waals surface area (Å²) in [6.07, 6.45) is 1.82. The van der Waals surface area contributed by atoms with E-state index in [1.807, 2.05) is 31.2 Å². The maximum Gasteiger partial charge on any atom is 0.356 e. The summed E-state index contributed by atoms with van der Waals surface area (Å²) in [5.41, 5.74) is 2.03. The van der Waals surface area contributed by atoms with Gasteiger partial charge in [-0.2, -0.15) is 0 Å². The third kappa shape index (κ3) is 2.65. The van der Waals surface area contributed by atoms with E-state index in [1.165, 1.54) is 6.20 Å². The van der Waals surface area contributed by atoms with E-state index in [4.69, 9.17) is 16.7 Å². The number of aromatic carboxylic acids is 1. The van der Waals surface area contributed by atoms with Crippen LogP contribution in [0.3, 0.4) is 0 Å². The second-order valence-corrected chi connectivity index (χ2v) is 4.30. The zero-order valence-corrected chi connectivity index (χ0v) is 10.5. The molecule has 5 heteroatoms. The van der Waals surface area contributed by atoms with Gasteiger partial charge in [-0.05, 0) is 18.1 Å². The van der Waals surface area contributed by atoms with Crippen LogP contribution in [0.4, 0.5) is 0 Å². The fourth-order valence-electron chi connectivity index (χ4n) is 1.62. The molecule has 0 atom stereocenters. The zero-order chi connectivity index (χ0) is 13.1. The molecule has 0 fully saturated rings. The molecular weight excluding hydrogens is 252 g/mol. The molecule has 1 N–H and O–H groups in total. The van der Waals surface area contributed by atoms with Crippen LogP contribution in [0.1, 0.15) is 27.4 Å². The van der Waals surface area contributed by atoms with Crippen molar-refractivity contribution in [3.63, 3.8) is 0 Å². The smallest absolute Gasteiger partial charge is 0.356 e. The lowest BCUT2D eigenvalue weighted by atomic mass is 10.1. The monoisotopic (exact) mass is 262 g/mol. The van der Waals surface area contributed by atoms with Crippen LogP contribution in [0.5, 0.6) is 0 Å². The Balaban J connectivity index is 2.33. The number of carboxylic acids is 1. The van der Waals surface area contributed by atoms with Crippen LogP contribution in [0.15, 0.2) is 30.5 Å². The van der Waals surface area contributed by atoms with Crippen molar-refractivity contribution in [3.8, 4) is 0 Å². The van der Waals surface area contributed by atoms with Crippen molar-refractivity contribution >= 4 is 17.6 Å². The minimum atomic E-state index is -1.14. The van der Waals surface area contributed by atoms with Crippen molar-refractivity contribution < 1.29 is 9.90 Å². The summed E-state index contributed by atoms with van der Waals surface area (Å²) in [4.78, 5) is 18.9. The van der Waals surface area contributed by atoms with Gasteiger partial charge in [-0.1, -0.05) is 35.9 Å². The van der Waals surface area contributed by atoms with Gasteiger partial charge in [0.05, 0.1) is 11.2 Å². The van der Waals surface area contributed by atoms with E-state index in [0.717, 1.165) is 11.1 Å². The van der Waals surface area contributed by atoms with Crippen molar-refractivity contribution in [2.45, 2.75) is 13.3 Å². The third-order valence-electron chi connectivity index (χ3n) is 2.61. The molecular formula is C13H11ClN2O2. The van der Waals surface area contributed by atoms with Gasteiger partial charge in [-0.15, -0.1) is 0 Å². The molecule has 0 saturated heterocycles. The number of aromatic nitrogens is 2. The van der Waals surface area contributed by atoms with E-state index in [0.29, 0.717) is 12.2 Å². The van der Waals surface area contributed by atoms with Gasteiger partial charge in [0.25, 0.3) is 0 Å². The first-order valence-electron chi connectivity index (χ1n) is 5.37. The number of nitrogens with zero attached hydrogens (tertiary/aromatic N) is 2. The van der Waals surface area contributed by atoms with Gasteiger partial charge in [0.15, 0.2) is 5.69 Å². The Morgan fingerprint density at radius 3 is 2.78 bits per heavy atom. The number of hydrogen-bond acceptors (Lipinski definition) is 3. The van der Waals surface area contributed by atoms with Crippen molar-refractivity contribution in [1.82, 2.24) is 9.97 Å². The van der Waals surface area contributed by atoms with Crippen molar-refractivity contribution in [3.05, 3.63) is 58.1 Å². The van der Waals surface area contributed by atoms with Gasteiger partial charge in [0, 0.05) is 6.42 Å². The first kappa shape index (κ1) is 12.5. The highest BCUT2D eigenvalue weighted by Gasteiger charge is 2.13. The van der Waals surface area contributed by atoms with E-state index >= 15 is 0 Å². The lowest BCUT2D eigenvalue weighted by Gasteiger charge is -2.05. The number of rotatable bonds is 3. The Bertz CT molecular complexity index is 599. The minimum absolute atomic E-state index is 0.0519. The van der Waals surface area contributed by atoms with Gasteiger partial charge < -0.3 is 5.11 Å². The number of aryl methyl sites for hydroxylation is 1. The maximum atomic E-state index is 10.9. The fraction of sp³-hybridized carbons (Fsp3) is 0.154. The average molecular weight is 263 g/mol. The van der Waals surface area contributed by atoms with Crippen LogP contribution >= 0.6 is 11.6 Å². The molecule has 2 rings (SSSR count). The summed E-state index contributed by atoms with van der Waals surface area (Å²) in [6.45, 7) is 1.99. The second kappa shape index (κ2) is 5.14. The highest BCUT2D eigenvalue weighted by atomic mass is 35.5. The summed E-state index contributed by atoms with van der Waals surface area (Å²) < 4.78 is 0. The first-order chi connectivity index (χ1) is 8.58. The lowest BCUT2D eigenvalue weighted by molar-refractivity contribution is 0.0690. The van der Waals surface area contributed by atoms with Crippen molar-refractivity contribution in [2.75, 3.05) is 0 Å². The maximum absolute atomic E-state index is 10.9. The van der Waals surface area contributed by atoms with Gasteiger partial charge in [-0.25, -0.2) is 14.8 Å². The first-order valence-corrected chi connectivity index (χ1v) is 5.75. The van der Waals surface area contributed by atoms with Crippen LogP contribution < -0.4 is 0 Å². The molecule has 0 aliphatic rings. The topological polar surface area (TPSA) is 63.1 Å². The average Bonchev–Trinajstić information content (AvgIpc) is 2.34. The quantitative estimate of drug-likeness (QED) is 0.924. The molecule has 4 nitrogen and oxygen atoms in total. The highest BCUT2D eigenvalue weighted by molar-refractivity contribution is 6.33. The molecule has 1 aromatic carbocycles. The zero-order valence-electron chi connectivity index (χ0n) is 9.72. The van der Waals surface area contributed by atoms with Gasteiger partial charge >= 0.3 is 5.97 Å². The molecule has 0 aliphatic heterocycles. The minimum Gasteiger partial charge on any atom is -0.476 e. The van der Waals surface area contributed by atoms with E-state index in [9.17, 15) is 4.79 Å². The van der Waals surface area contributed by atoms with Crippen LogP contribution in [0.2, 0.25) is 5.02 Å². The predicted molar refractivity (Wildman–Crippen MR) is 68.0 cm³/mol. The molecule has 1 aromatic heterocycles. The van der Waals surface area contributed by atoms with E-state index < -0.39 is 5.97 Å². The molecule has 0 unspecified atom stereocenters. The lowest BCUT2D eigenvalue weighted by Crippen LogP contribution is -2.07. The molecule has 1 heterocycles. The number of halogens is 1. The Hall–Kier alpha value is -1.94. The van der Waals surface area contributed by atoms with E-state index in [2.05, 4.69) is 9.97 Å². The molecule has 92 valence electrons. The van der Waals surface area contributed by atoms with Crippen LogP contribution in [0, 0.1) is 6.92 Å². The van der Waals surface area contributed by atoms with Crippen LogP contribution in [0.25, 0.3) is 0 Å². The summed E-state index contributed by atoms with van der Waals surface area (Å²) in [5, 5.41) is 8.99. The van der Waals surface area contributed by atoms with Gasteiger partial charge in [0.2, 0.25) is 0 Å². The van der Waals surface area contributed by atoms with Crippen molar-refractivity contribution in [1.29, 1.82) is 0 Å². The summed E-state index contributed by atoms with van der Waals surface area (Å²) in [6, 6.07) is 7.83. The van der Waals surface area contributed by atoms with Crippen LogP contribution in [-0.2, 0) is 6.42 Å². The summed E-state index contributed by atoms with van der Waals surface area (Å²) in [7, 11) is 0. The summed E-state index contributed by atoms with van der Waals surface area (Å²) >= 11 is 5.72. The normalized spacial score (nSPS) is 10.3. The number of benzene rings is 1. The third-order valence-corrected chi connectivity index (χ3v) is 2.88.